The molecule has 3 nitrogen and oxygen atoms in total. The molecule has 0 N–H and O–H groups in total. The molecule has 3 heteroatoms. The molecule has 0 unspecified atom stereocenters. The average Bonchev–Trinajstić information content (AvgIpc) is 2.21. The number of non-ortho nitro benzene ring substituents is 1. The van der Waals surface area contributed by atoms with Gasteiger partial charge in [-0.2, -0.15) is 0 Å². The molecule has 1 aromatic carbocycles. The summed E-state index contributed by atoms with van der Waals surface area (Å²) in [4.78, 5) is 9.59. The van der Waals surface area contributed by atoms with Gasteiger partial charge in [-0.15, -0.1) is 0 Å². The number of nitro groups is 1. The quantitative estimate of drug-likeness (QED) is 0.544. The predicted molar refractivity (Wildman–Crippen MR) is 58.3 cm³/mol. The Hall–Kier alpha value is -1.38. The maximum atomic E-state index is 10.0. The molecule has 0 bridgehead atoms. The van der Waals surface area contributed by atoms with E-state index in [1.807, 2.05) is 0 Å². The summed E-state index contributed by atoms with van der Waals surface area (Å²) in [6.07, 6.45) is 4.08. The van der Waals surface area contributed by atoms with Crippen LogP contribution in [0.1, 0.15) is 33.1 Å². The first-order chi connectivity index (χ1) is 6.72. The summed E-state index contributed by atoms with van der Waals surface area (Å²) in [5.74, 6) is 0. The van der Waals surface area contributed by atoms with Crippen molar-refractivity contribution in [2.75, 3.05) is 0 Å². The molecule has 0 spiro atoms. The van der Waals surface area contributed by atoms with Crippen LogP contribution < -0.4 is 0 Å². The highest BCUT2D eigenvalue weighted by Gasteiger charge is 1.98. The van der Waals surface area contributed by atoms with Crippen molar-refractivity contribution in [3.8, 4) is 0 Å². The van der Waals surface area contributed by atoms with Crippen LogP contribution in [0.3, 0.4) is 0 Å². The molecule has 0 aliphatic carbocycles. The van der Waals surface area contributed by atoms with E-state index < -0.39 is 4.92 Å². The maximum Gasteiger partial charge on any atom is 0.269 e. The van der Waals surface area contributed by atoms with Gasteiger partial charge in [0.2, 0.25) is 0 Å². The van der Waals surface area contributed by atoms with Crippen molar-refractivity contribution in [3.63, 3.8) is 0 Å². The summed E-state index contributed by atoms with van der Waals surface area (Å²) in [5.41, 5.74) is 0.137. The molecule has 1 rings (SSSR count). The third kappa shape index (κ3) is 6.17. The first kappa shape index (κ1) is 12.6. The number of hydrogen-bond donors (Lipinski definition) is 0. The molecule has 0 aliphatic heterocycles. The minimum Gasteiger partial charge on any atom is -0.258 e. The number of nitrogens with zero attached hydrogens (tertiary/aromatic N) is 1. The van der Waals surface area contributed by atoms with E-state index in [1.165, 1.54) is 31.4 Å². The fourth-order valence-electron chi connectivity index (χ4n) is 0.903. The lowest BCUT2D eigenvalue weighted by molar-refractivity contribution is -0.384. The van der Waals surface area contributed by atoms with Gasteiger partial charge in [0.1, 0.15) is 0 Å². The molecule has 78 valence electrons. The molecular formula is C11H17NO2. The van der Waals surface area contributed by atoms with Crippen LogP contribution in [0.15, 0.2) is 30.3 Å². The Kier molecular flexibility index (Phi) is 7.42. The zero-order valence-corrected chi connectivity index (χ0v) is 8.77. The first-order valence-electron chi connectivity index (χ1n) is 4.91. The molecule has 0 heterocycles. The number of unbranched alkanes of at least 4 members (excludes halogenated alkanes) is 2. The standard InChI is InChI=1S/C6H5NO2.C5H12/c8-7(9)6-4-2-1-3-5-6;1-3-5-4-2/h1-5H;3-5H2,1-2H3. The van der Waals surface area contributed by atoms with Gasteiger partial charge in [0.05, 0.1) is 4.92 Å². The van der Waals surface area contributed by atoms with Crippen LogP contribution in [0.2, 0.25) is 0 Å². The van der Waals surface area contributed by atoms with Crippen LogP contribution in [0.4, 0.5) is 5.69 Å². The van der Waals surface area contributed by atoms with Crippen LogP contribution in [0.25, 0.3) is 0 Å². The SMILES string of the molecule is CCCCC.O=[N+]([O-])c1ccccc1. The third-order valence-corrected chi connectivity index (χ3v) is 1.67. The number of para-hydroxylation sites is 1. The van der Waals surface area contributed by atoms with Crippen LogP contribution in [0, 0.1) is 10.1 Å². The van der Waals surface area contributed by atoms with Gasteiger partial charge in [-0.25, -0.2) is 0 Å². The maximum absolute atomic E-state index is 10.0. The fourth-order valence-corrected chi connectivity index (χ4v) is 0.903. The lowest BCUT2D eigenvalue weighted by Gasteiger charge is -1.85. The van der Waals surface area contributed by atoms with Crippen molar-refractivity contribution in [3.05, 3.63) is 40.4 Å². The molecule has 0 saturated carbocycles. The van der Waals surface area contributed by atoms with Crippen molar-refractivity contribution in [2.45, 2.75) is 33.1 Å². The van der Waals surface area contributed by atoms with Gasteiger partial charge in [0.25, 0.3) is 5.69 Å². The smallest absolute Gasteiger partial charge is 0.258 e. The Bertz CT molecular complexity index is 245. The lowest BCUT2D eigenvalue weighted by Crippen LogP contribution is -1.84. The second kappa shape index (κ2) is 8.23. The normalized spacial score (nSPS) is 8.71. The van der Waals surface area contributed by atoms with Crippen molar-refractivity contribution in [2.24, 2.45) is 0 Å². The summed E-state index contributed by atoms with van der Waals surface area (Å²) in [6.45, 7) is 4.42. The van der Waals surface area contributed by atoms with Gasteiger partial charge in [-0.1, -0.05) is 51.3 Å². The zero-order chi connectivity index (χ0) is 10.8. The highest BCUT2D eigenvalue weighted by atomic mass is 16.6. The largest absolute Gasteiger partial charge is 0.269 e. The van der Waals surface area contributed by atoms with Gasteiger partial charge in [0, 0.05) is 12.1 Å². The summed E-state index contributed by atoms with van der Waals surface area (Å²) >= 11 is 0. The van der Waals surface area contributed by atoms with Gasteiger partial charge in [0.15, 0.2) is 0 Å². The van der Waals surface area contributed by atoms with Crippen LogP contribution >= 0.6 is 0 Å². The lowest BCUT2D eigenvalue weighted by atomic mass is 10.3. The highest BCUT2D eigenvalue weighted by molar-refractivity contribution is 5.27. The van der Waals surface area contributed by atoms with E-state index in [4.69, 9.17) is 0 Å². The molecule has 0 atom stereocenters. The molecule has 0 amide bonds. The number of hydrogen-bond acceptors (Lipinski definition) is 2. The van der Waals surface area contributed by atoms with Gasteiger partial charge >= 0.3 is 0 Å². The summed E-state index contributed by atoms with van der Waals surface area (Å²) in [6, 6.07) is 7.93. The minimum atomic E-state index is -0.417. The monoisotopic (exact) mass is 195 g/mol. The van der Waals surface area contributed by atoms with E-state index in [1.54, 1.807) is 18.2 Å². The Labute approximate surface area is 84.9 Å². The molecular weight excluding hydrogens is 178 g/mol. The second-order valence-corrected chi connectivity index (χ2v) is 2.95. The number of benzene rings is 1. The Morgan fingerprint density at radius 2 is 1.64 bits per heavy atom. The van der Waals surface area contributed by atoms with E-state index in [2.05, 4.69) is 13.8 Å². The third-order valence-electron chi connectivity index (χ3n) is 1.67. The molecule has 14 heavy (non-hydrogen) atoms. The predicted octanol–water partition coefficient (Wildman–Crippen LogP) is 3.79. The molecule has 0 saturated heterocycles. The summed E-state index contributed by atoms with van der Waals surface area (Å²) < 4.78 is 0. The van der Waals surface area contributed by atoms with E-state index in [0.717, 1.165) is 0 Å². The molecule has 0 radical (unpaired) electrons. The summed E-state index contributed by atoms with van der Waals surface area (Å²) in [7, 11) is 0. The topological polar surface area (TPSA) is 43.1 Å². The van der Waals surface area contributed by atoms with E-state index >= 15 is 0 Å². The molecule has 0 aliphatic rings. The second-order valence-electron chi connectivity index (χ2n) is 2.95. The van der Waals surface area contributed by atoms with Crippen molar-refractivity contribution in [1.29, 1.82) is 0 Å². The van der Waals surface area contributed by atoms with E-state index in [0.29, 0.717) is 0 Å². The minimum absolute atomic E-state index is 0.137. The van der Waals surface area contributed by atoms with Crippen molar-refractivity contribution in [1.82, 2.24) is 0 Å². The van der Waals surface area contributed by atoms with E-state index in [-0.39, 0.29) is 5.69 Å². The first-order valence-corrected chi connectivity index (χ1v) is 4.91. The van der Waals surface area contributed by atoms with Crippen LogP contribution in [-0.2, 0) is 0 Å². The molecule has 1 aromatic rings. The number of nitro benzene ring substituents is 1. The zero-order valence-electron chi connectivity index (χ0n) is 8.77. The van der Waals surface area contributed by atoms with E-state index in [9.17, 15) is 10.1 Å². The fraction of sp³-hybridized carbons (Fsp3) is 0.455. The van der Waals surface area contributed by atoms with Gasteiger partial charge in [-0.05, 0) is 0 Å². The van der Waals surface area contributed by atoms with Crippen molar-refractivity contribution < 1.29 is 4.92 Å². The molecule has 0 aromatic heterocycles. The average molecular weight is 195 g/mol. The Morgan fingerprint density at radius 3 is 1.86 bits per heavy atom. The van der Waals surface area contributed by atoms with Crippen LogP contribution in [0.5, 0.6) is 0 Å². The Balaban J connectivity index is 0.000000292. The number of rotatable bonds is 3. The van der Waals surface area contributed by atoms with Gasteiger partial charge in [-0.3, -0.25) is 10.1 Å². The van der Waals surface area contributed by atoms with Crippen molar-refractivity contribution >= 4 is 5.69 Å². The molecule has 0 fully saturated rings. The van der Waals surface area contributed by atoms with Crippen LogP contribution in [-0.4, -0.2) is 4.92 Å². The van der Waals surface area contributed by atoms with Gasteiger partial charge < -0.3 is 0 Å². The highest BCUT2D eigenvalue weighted by Crippen LogP contribution is 2.06. The Morgan fingerprint density at radius 1 is 1.14 bits per heavy atom. The summed E-state index contributed by atoms with van der Waals surface area (Å²) in [5, 5.41) is 10.0.